The molecule has 0 amide bonds. The first-order valence-corrected chi connectivity index (χ1v) is 4.74. The lowest BCUT2D eigenvalue weighted by Gasteiger charge is -2.14. The summed E-state index contributed by atoms with van der Waals surface area (Å²) in [4.78, 5) is 0. The molecule has 1 aromatic rings. The Hall–Kier alpha value is -2.28. The Morgan fingerprint density at radius 3 is 2.69 bits per heavy atom. The Kier molecular flexibility index (Phi) is 4.10. The molecule has 0 fully saturated rings. The van der Waals surface area contributed by atoms with Crippen LogP contribution < -0.4 is 0 Å². The van der Waals surface area contributed by atoms with Crippen molar-refractivity contribution >= 4 is 0 Å². The van der Waals surface area contributed by atoms with Gasteiger partial charge in [0.25, 0.3) is 0 Å². The van der Waals surface area contributed by atoms with Crippen molar-refractivity contribution in [2.24, 2.45) is 0 Å². The fourth-order valence-corrected chi connectivity index (χ4v) is 1.42. The summed E-state index contributed by atoms with van der Waals surface area (Å²) in [6, 6.07) is 10.6. The van der Waals surface area contributed by atoms with E-state index in [1.165, 1.54) is 0 Å². The number of nitrogens with zero attached hydrogens (tertiary/aromatic N) is 2. The Bertz CT molecular complexity index is 488. The summed E-state index contributed by atoms with van der Waals surface area (Å²) < 4.78 is 0. The van der Waals surface area contributed by atoms with Gasteiger partial charge in [-0.05, 0) is 17.7 Å². The Balaban J connectivity index is 3.02. The molecule has 2 unspecified atom stereocenters. The number of aliphatic hydroxyl groups excluding tert-OH is 1. The van der Waals surface area contributed by atoms with Gasteiger partial charge in [-0.25, -0.2) is 0 Å². The fourth-order valence-electron chi connectivity index (χ4n) is 1.42. The van der Waals surface area contributed by atoms with Crippen LogP contribution in [0.25, 0.3) is 0 Å². The quantitative estimate of drug-likeness (QED) is 0.769. The average Bonchev–Trinajstić information content (AvgIpc) is 2.31. The molecular formula is C13H10N2O. The van der Waals surface area contributed by atoms with Crippen molar-refractivity contribution < 1.29 is 5.11 Å². The van der Waals surface area contributed by atoms with E-state index in [9.17, 15) is 5.11 Å². The maximum Gasteiger partial charge on any atom is 0.0991 e. The molecule has 0 aromatic heterocycles. The van der Waals surface area contributed by atoms with Gasteiger partial charge in [-0.2, -0.15) is 10.5 Å². The van der Waals surface area contributed by atoms with Crippen molar-refractivity contribution in [3.63, 3.8) is 0 Å². The fraction of sp³-hybridized carbons (Fsp3) is 0.231. The van der Waals surface area contributed by atoms with Gasteiger partial charge in [0.1, 0.15) is 0 Å². The van der Waals surface area contributed by atoms with E-state index in [1.54, 1.807) is 24.3 Å². The summed E-state index contributed by atoms with van der Waals surface area (Å²) in [5.41, 5.74) is 1.08. The van der Waals surface area contributed by atoms with Gasteiger partial charge in [-0.15, -0.1) is 12.3 Å². The van der Waals surface area contributed by atoms with E-state index in [4.69, 9.17) is 16.9 Å². The van der Waals surface area contributed by atoms with E-state index in [0.717, 1.165) is 0 Å². The third kappa shape index (κ3) is 2.61. The molecule has 0 aliphatic heterocycles. The minimum absolute atomic E-state index is 0.120. The van der Waals surface area contributed by atoms with E-state index < -0.39 is 12.0 Å². The van der Waals surface area contributed by atoms with Crippen molar-refractivity contribution in [1.29, 1.82) is 10.5 Å². The van der Waals surface area contributed by atoms with Gasteiger partial charge in [0.05, 0.1) is 29.7 Å². The molecule has 1 rings (SSSR count). The van der Waals surface area contributed by atoms with Gasteiger partial charge < -0.3 is 5.11 Å². The monoisotopic (exact) mass is 210 g/mol. The van der Waals surface area contributed by atoms with Crippen molar-refractivity contribution in [1.82, 2.24) is 0 Å². The second kappa shape index (κ2) is 5.56. The van der Waals surface area contributed by atoms with Crippen LogP contribution in [0.1, 0.15) is 23.5 Å². The molecule has 3 heteroatoms. The predicted octanol–water partition coefficient (Wildman–Crippen LogP) is 1.55. The minimum atomic E-state index is -0.899. The molecule has 3 nitrogen and oxygen atoms in total. The number of hydrogen-bond donors (Lipinski definition) is 1. The van der Waals surface area contributed by atoms with Crippen molar-refractivity contribution in [3.05, 3.63) is 35.4 Å². The van der Waals surface area contributed by atoms with Gasteiger partial charge in [0.2, 0.25) is 0 Å². The molecule has 0 bridgehead atoms. The van der Waals surface area contributed by atoms with Crippen LogP contribution in [-0.4, -0.2) is 11.2 Å². The lowest BCUT2D eigenvalue weighted by Crippen LogP contribution is -2.16. The van der Waals surface area contributed by atoms with Gasteiger partial charge in [-0.1, -0.05) is 12.1 Å². The number of aliphatic hydroxyl groups is 1. The first-order chi connectivity index (χ1) is 7.72. The third-order valence-corrected chi connectivity index (χ3v) is 2.23. The number of hydrogen-bond acceptors (Lipinski definition) is 3. The first kappa shape index (κ1) is 11.8. The highest BCUT2D eigenvalue weighted by molar-refractivity contribution is 5.37. The van der Waals surface area contributed by atoms with Crippen molar-refractivity contribution in [2.45, 2.75) is 18.4 Å². The van der Waals surface area contributed by atoms with Crippen LogP contribution >= 0.6 is 0 Å². The largest absolute Gasteiger partial charge is 0.390 e. The predicted molar refractivity (Wildman–Crippen MR) is 59.0 cm³/mol. The van der Waals surface area contributed by atoms with E-state index >= 15 is 0 Å². The van der Waals surface area contributed by atoms with E-state index in [1.807, 2.05) is 12.1 Å². The zero-order valence-electron chi connectivity index (χ0n) is 8.59. The lowest BCUT2D eigenvalue weighted by molar-refractivity contribution is 0.167. The Morgan fingerprint density at radius 1 is 1.38 bits per heavy atom. The van der Waals surface area contributed by atoms with Crippen LogP contribution in [0.15, 0.2) is 24.3 Å². The topological polar surface area (TPSA) is 67.8 Å². The summed E-state index contributed by atoms with van der Waals surface area (Å²) in [7, 11) is 0. The highest BCUT2D eigenvalue weighted by Gasteiger charge is 2.20. The zero-order chi connectivity index (χ0) is 12.0. The van der Waals surface area contributed by atoms with Gasteiger partial charge in [-0.3, -0.25) is 0 Å². The highest BCUT2D eigenvalue weighted by Crippen LogP contribution is 2.21. The molecule has 0 spiro atoms. The summed E-state index contributed by atoms with van der Waals surface area (Å²) in [6.07, 6.45) is 4.31. The number of benzene rings is 1. The first-order valence-electron chi connectivity index (χ1n) is 4.74. The van der Waals surface area contributed by atoms with E-state index in [-0.39, 0.29) is 6.42 Å². The average molecular weight is 210 g/mol. The SMILES string of the molecule is C#CCC(O)C(C#N)c1cccc(C#N)c1. The van der Waals surface area contributed by atoms with E-state index in [2.05, 4.69) is 5.92 Å². The molecule has 0 saturated carbocycles. The van der Waals surface area contributed by atoms with Crippen LogP contribution in [0.5, 0.6) is 0 Å². The van der Waals surface area contributed by atoms with Crippen molar-refractivity contribution in [2.75, 3.05) is 0 Å². The summed E-state index contributed by atoms with van der Waals surface area (Å²) in [5.74, 6) is 1.62. The second-order valence-electron chi connectivity index (χ2n) is 3.32. The highest BCUT2D eigenvalue weighted by atomic mass is 16.3. The van der Waals surface area contributed by atoms with Crippen LogP contribution in [0.2, 0.25) is 0 Å². The normalized spacial score (nSPS) is 12.9. The van der Waals surface area contributed by atoms with Gasteiger partial charge >= 0.3 is 0 Å². The maximum absolute atomic E-state index is 9.68. The van der Waals surface area contributed by atoms with Gasteiger partial charge in [0.15, 0.2) is 0 Å². The molecule has 78 valence electrons. The van der Waals surface area contributed by atoms with E-state index in [0.29, 0.717) is 11.1 Å². The summed E-state index contributed by atoms with van der Waals surface area (Å²) >= 11 is 0. The van der Waals surface area contributed by atoms with Crippen LogP contribution in [-0.2, 0) is 0 Å². The lowest BCUT2D eigenvalue weighted by atomic mass is 9.92. The number of rotatable bonds is 3. The smallest absolute Gasteiger partial charge is 0.0991 e. The molecular weight excluding hydrogens is 200 g/mol. The Labute approximate surface area is 94.6 Å². The molecule has 1 aromatic carbocycles. The molecule has 0 aliphatic carbocycles. The summed E-state index contributed by atoms with van der Waals surface area (Å²) in [5, 5.41) is 27.4. The van der Waals surface area contributed by atoms with Crippen LogP contribution in [0, 0.1) is 35.0 Å². The number of terminal acetylenes is 1. The van der Waals surface area contributed by atoms with Gasteiger partial charge in [0, 0.05) is 6.42 Å². The van der Waals surface area contributed by atoms with Crippen LogP contribution in [0.4, 0.5) is 0 Å². The molecule has 0 saturated heterocycles. The third-order valence-electron chi connectivity index (χ3n) is 2.23. The Morgan fingerprint density at radius 2 is 2.12 bits per heavy atom. The van der Waals surface area contributed by atoms with Crippen LogP contribution in [0.3, 0.4) is 0 Å². The molecule has 0 radical (unpaired) electrons. The zero-order valence-corrected chi connectivity index (χ0v) is 8.59. The standard InChI is InChI=1S/C13H10N2O/c1-2-4-13(16)12(9-15)11-6-3-5-10(7-11)8-14/h1,3,5-7,12-13,16H,4H2. The molecule has 2 atom stereocenters. The summed E-state index contributed by atoms with van der Waals surface area (Å²) in [6.45, 7) is 0. The second-order valence-corrected chi connectivity index (χ2v) is 3.32. The maximum atomic E-state index is 9.68. The molecule has 0 aliphatic rings. The molecule has 1 N–H and O–H groups in total. The molecule has 16 heavy (non-hydrogen) atoms. The number of nitriles is 2. The molecule has 0 heterocycles. The minimum Gasteiger partial charge on any atom is -0.390 e. The van der Waals surface area contributed by atoms with Crippen molar-refractivity contribution in [3.8, 4) is 24.5 Å².